The van der Waals surface area contributed by atoms with Crippen LogP contribution in [0.2, 0.25) is 5.02 Å². The molecule has 7 nitrogen and oxygen atoms in total. The summed E-state index contributed by atoms with van der Waals surface area (Å²) in [6, 6.07) is 8.99. The van der Waals surface area contributed by atoms with E-state index in [0.717, 1.165) is 12.1 Å². The van der Waals surface area contributed by atoms with Crippen LogP contribution < -0.4 is 15.4 Å². The summed E-state index contributed by atoms with van der Waals surface area (Å²) in [6.45, 7) is -0.745. The predicted molar refractivity (Wildman–Crippen MR) is 107 cm³/mol. The third-order valence-corrected chi connectivity index (χ3v) is 4.19. The smallest absolute Gasteiger partial charge is 0.416 e. The lowest BCUT2D eigenvalue weighted by Crippen LogP contribution is -2.22. The average Bonchev–Trinajstić information content (AvgIpc) is 2.72. The largest absolute Gasteiger partial charge is 0.497 e. The molecule has 0 aliphatic heterocycles. The molecule has 166 valence electrons. The fourth-order valence-electron chi connectivity index (χ4n) is 2.32. The number of nitrogens with one attached hydrogen (secondary N) is 2. The Hall–Kier alpha value is -3.27. The highest BCUT2D eigenvalue weighted by atomic mass is 35.5. The lowest BCUT2D eigenvalue weighted by Gasteiger charge is -2.12. The highest BCUT2D eigenvalue weighted by Gasteiger charge is 2.31. The minimum atomic E-state index is -4.61. The Kier molecular flexibility index (Phi) is 8.26. The van der Waals surface area contributed by atoms with E-state index in [1.165, 1.54) is 7.11 Å². The Bertz CT molecular complexity index is 949. The number of hydrogen-bond acceptors (Lipinski definition) is 5. The number of halogens is 4. The van der Waals surface area contributed by atoms with Crippen LogP contribution in [0.15, 0.2) is 42.5 Å². The summed E-state index contributed by atoms with van der Waals surface area (Å²) in [7, 11) is 1.51. The highest BCUT2D eigenvalue weighted by Crippen LogP contribution is 2.33. The van der Waals surface area contributed by atoms with Crippen molar-refractivity contribution < 1.29 is 37.0 Å². The van der Waals surface area contributed by atoms with Gasteiger partial charge in [-0.2, -0.15) is 13.2 Å². The normalized spacial score (nSPS) is 10.9. The van der Waals surface area contributed by atoms with Crippen molar-refractivity contribution >= 4 is 40.8 Å². The number of benzene rings is 2. The zero-order valence-electron chi connectivity index (χ0n) is 16.2. The number of anilines is 2. The van der Waals surface area contributed by atoms with E-state index in [1.54, 1.807) is 24.3 Å². The van der Waals surface area contributed by atoms with E-state index in [0.29, 0.717) is 17.5 Å². The molecule has 2 N–H and O–H groups in total. The molecule has 2 rings (SSSR count). The Balaban J connectivity index is 1.76. The van der Waals surface area contributed by atoms with Gasteiger partial charge in [-0.3, -0.25) is 14.4 Å². The van der Waals surface area contributed by atoms with Crippen LogP contribution in [0.4, 0.5) is 24.5 Å². The first-order chi connectivity index (χ1) is 14.6. The zero-order chi connectivity index (χ0) is 23.0. The maximum Gasteiger partial charge on any atom is 0.416 e. The van der Waals surface area contributed by atoms with Gasteiger partial charge in [0, 0.05) is 12.1 Å². The van der Waals surface area contributed by atoms with Crippen LogP contribution in [-0.4, -0.2) is 31.5 Å². The van der Waals surface area contributed by atoms with Crippen LogP contribution >= 0.6 is 11.6 Å². The van der Waals surface area contributed by atoms with Crippen molar-refractivity contribution in [2.24, 2.45) is 0 Å². The molecule has 11 heteroatoms. The quantitative estimate of drug-likeness (QED) is 0.576. The minimum absolute atomic E-state index is 0.108. The maximum absolute atomic E-state index is 12.7. The van der Waals surface area contributed by atoms with E-state index >= 15 is 0 Å². The summed E-state index contributed by atoms with van der Waals surface area (Å²) in [5.41, 5.74) is -0.750. The van der Waals surface area contributed by atoms with Gasteiger partial charge in [0.15, 0.2) is 6.61 Å². The summed E-state index contributed by atoms with van der Waals surface area (Å²) >= 11 is 5.78. The van der Waals surface area contributed by atoms with Gasteiger partial charge in [0.25, 0.3) is 5.91 Å². The first kappa shape index (κ1) is 24.0. The van der Waals surface area contributed by atoms with Gasteiger partial charge in [-0.05, 0) is 42.5 Å². The number of esters is 1. The molecule has 0 atom stereocenters. The summed E-state index contributed by atoms with van der Waals surface area (Å²) in [5, 5.41) is 4.62. The maximum atomic E-state index is 12.7. The second-order valence-electron chi connectivity index (χ2n) is 6.18. The summed E-state index contributed by atoms with van der Waals surface area (Å²) < 4.78 is 48.0. The van der Waals surface area contributed by atoms with Gasteiger partial charge in [-0.1, -0.05) is 11.6 Å². The molecular weight excluding hydrogens is 441 g/mol. The van der Waals surface area contributed by atoms with E-state index in [9.17, 15) is 27.6 Å². The molecule has 2 aromatic carbocycles. The van der Waals surface area contributed by atoms with Gasteiger partial charge in [0.05, 0.1) is 29.8 Å². The molecule has 0 heterocycles. The zero-order valence-corrected chi connectivity index (χ0v) is 17.0. The van der Waals surface area contributed by atoms with Crippen molar-refractivity contribution in [3.05, 3.63) is 53.1 Å². The predicted octanol–water partition coefficient (Wildman–Crippen LogP) is 4.27. The van der Waals surface area contributed by atoms with E-state index in [2.05, 4.69) is 10.6 Å². The van der Waals surface area contributed by atoms with Crippen LogP contribution in [0, 0.1) is 0 Å². The second kappa shape index (κ2) is 10.7. The second-order valence-corrected chi connectivity index (χ2v) is 6.59. The summed E-state index contributed by atoms with van der Waals surface area (Å²) in [6.07, 6.45) is -5.09. The van der Waals surface area contributed by atoms with Crippen LogP contribution in [0.5, 0.6) is 5.75 Å². The number of methoxy groups -OCH3 is 1. The molecule has 2 aromatic rings. The van der Waals surface area contributed by atoms with Gasteiger partial charge in [0.2, 0.25) is 5.91 Å². The first-order valence-corrected chi connectivity index (χ1v) is 9.22. The third kappa shape index (κ3) is 7.82. The fourth-order valence-corrected chi connectivity index (χ4v) is 2.48. The van der Waals surface area contributed by atoms with Gasteiger partial charge < -0.3 is 20.1 Å². The van der Waals surface area contributed by atoms with Crippen molar-refractivity contribution in [1.29, 1.82) is 0 Å². The Morgan fingerprint density at radius 3 is 2.26 bits per heavy atom. The topological polar surface area (TPSA) is 93.7 Å². The SMILES string of the molecule is COc1ccc(NC(=O)CCC(=O)OCC(=O)Nc2cc(C(F)(F)F)ccc2Cl)cc1. The van der Waals surface area contributed by atoms with E-state index in [-0.39, 0.29) is 23.6 Å². The molecule has 0 radical (unpaired) electrons. The van der Waals surface area contributed by atoms with Gasteiger partial charge in [-0.25, -0.2) is 0 Å². The molecule has 2 amide bonds. The number of carbonyl (C=O) groups excluding carboxylic acids is 3. The monoisotopic (exact) mass is 458 g/mol. The van der Waals surface area contributed by atoms with Gasteiger partial charge >= 0.3 is 12.1 Å². The molecule has 0 fully saturated rings. The van der Waals surface area contributed by atoms with Crippen LogP contribution in [-0.2, 0) is 25.3 Å². The molecule has 0 spiro atoms. The van der Waals surface area contributed by atoms with Crippen molar-refractivity contribution in [1.82, 2.24) is 0 Å². The first-order valence-electron chi connectivity index (χ1n) is 8.84. The minimum Gasteiger partial charge on any atom is -0.497 e. The van der Waals surface area contributed by atoms with Crippen LogP contribution in [0.1, 0.15) is 18.4 Å². The molecule has 0 bridgehead atoms. The number of alkyl halides is 3. The third-order valence-electron chi connectivity index (χ3n) is 3.86. The Labute approximate surface area is 180 Å². The molecule has 0 unspecified atom stereocenters. The lowest BCUT2D eigenvalue weighted by atomic mass is 10.2. The van der Waals surface area contributed by atoms with Crippen LogP contribution in [0.3, 0.4) is 0 Å². The van der Waals surface area contributed by atoms with Gasteiger partial charge in [0.1, 0.15) is 5.75 Å². The summed E-state index contributed by atoms with van der Waals surface area (Å²) in [4.78, 5) is 35.4. The number of carbonyl (C=O) groups is 3. The lowest BCUT2D eigenvalue weighted by molar-refractivity contribution is -0.147. The number of rotatable bonds is 8. The Morgan fingerprint density at radius 2 is 1.65 bits per heavy atom. The van der Waals surface area contributed by atoms with Crippen molar-refractivity contribution in [2.75, 3.05) is 24.4 Å². The molecule has 0 aromatic heterocycles. The van der Waals surface area contributed by atoms with E-state index in [1.807, 2.05) is 0 Å². The molecule has 31 heavy (non-hydrogen) atoms. The number of hydrogen-bond donors (Lipinski definition) is 2. The van der Waals surface area contributed by atoms with Crippen molar-refractivity contribution in [3.63, 3.8) is 0 Å². The number of ether oxygens (including phenoxy) is 2. The summed E-state index contributed by atoms with van der Waals surface area (Å²) in [5.74, 6) is -1.53. The number of amides is 2. The standard InChI is InChI=1S/C20H18ClF3N2O5/c1-30-14-5-3-13(4-6-14)25-17(27)8-9-19(29)31-11-18(28)26-16-10-12(20(22,23)24)2-7-15(16)21/h2-7,10H,8-9,11H2,1H3,(H,25,27)(H,26,28). The highest BCUT2D eigenvalue weighted by molar-refractivity contribution is 6.33. The average molecular weight is 459 g/mol. The molecular formula is C20H18ClF3N2O5. The fraction of sp³-hybridized carbons (Fsp3) is 0.250. The van der Waals surface area contributed by atoms with E-state index in [4.69, 9.17) is 21.1 Å². The molecule has 0 saturated carbocycles. The van der Waals surface area contributed by atoms with Crippen molar-refractivity contribution in [2.45, 2.75) is 19.0 Å². The molecule has 0 saturated heterocycles. The van der Waals surface area contributed by atoms with Crippen LogP contribution in [0.25, 0.3) is 0 Å². The van der Waals surface area contributed by atoms with Crippen molar-refractivity contribution in [3.8, 4) is 5.75 Å². The van der Waals surface area contributed by atoms with E-state index < -0.39 is 36.1 Å². The van der Waals surface area contributed by atoms with Gasteiger partial charge in [-0.15, -0.1) is 0 Å². The molecule has 0 aliphatic rings. The Morgan fingerprint density at radius 1 is 0.968 bits per heavy atom. The molecule has 0 aliphatic carbocycles.